The monoisotopic (exact) mass is 189 g/mol. The predicted octanol–water partition coefficient (Wildman–Crippen LogP) is 1.21. The third-order valence-electron chi connectivity index (χ3n) is 1.33. The van der Waals surface area contributed by atoms with Crippen LogP contribution in [0.2, 0.25) is 17.0 Å². The van der Waals surface area contributed by atoms with Crippen LogP contribution in [-0.4, -0.2) is 16.9 Å². The number of aromatic nitrogens is 1. The molecule has 0 radical (unpaired) electrons. The van der Waals surface area contributed by atoms with Crippen LogP contribution >= 0.6 is 23.2 Å². The largest absolute Gasteiger partial charge is 0.446 e. The molecule has 0 fully saturated rings. The van der Waals surface area contributed by atoms with Crippen LogP contribution in [0.3, 0.4) is 0 Å². The third-order valence-corrected chi connectivity index (χ3v) is 2.11. The zero-order valence-corrected chi connectivity index (χ0v) is 7.39. The van der Waals surface area contributed by atoms with Crippen LogP contribution < -0.4 is 5.46 Å². The van der Waals surface area contributed by atoms with E-state index in [1.165, 1.54) is 6.20 Å². The summed E-state index contributed by atoms with van der Waals surface area (Å²) in [5.74, 6) is 0. The van der Waals surface area contributed by atoms with E-state index >= 15 is 0 Å². The predicted molar refractivity (Wildman–Crippen MR) is 47.7 cm³/mol. The van der Waals surface area contributed by atoms with Gasteiger partial charge in [0.25, 0.3) is 0 Å². The van der Waals surface area contributed by atoms with Gasteiger partial charge in [-0.1, -0.05) is 30.0 Å². The van der Waals surface area contributed by atoms with E-state index in [-0.39, 0.29) is 5.15 Å². The van der Waals surface area contributed by atoms with Gasteiger partial charge >= 0.3 is 6.92 Å². The van der Waals surface area contributed by atoms with Crippen molar-refractivity contribution in [2.24, 2.45) is 0 Å². The highest BCUT2D eigenvalue weighted by molar-refractivity contribution is 6.68. The number of nitrogens with zero attached hydrogens (tertiary/aromatic N) is 1. The van der Waals surface area contributed by atoms with E-state index < -0.39 is 6.92 Å². The maximum Gasteiger partial charge on any atom is 0.322 e. The maximum atomic E-state index is 9.16. The second kappa shape index (κ2) is 3.43. The van der Waals surface area contributed by atoms with Crippen molar-refractivity contribution in [3.8, 4) is 0 Å². The first kappa shape index (κ1) is 8.85. The summed E-state index contributed by atoms with van der Waals surface area (Å²) in [6.45, 7) is 1.01. The summed E-state index contributed by atoms with van der Waals surface area (Å²) in [7, 11) is 0. The minimum absolute atomic E-state index is 0.227. The molecule has 1 heterocycles. The Labute approximate surface area is 75.3 Å². The Hall–Kier alpha value is -0.245. The van der Waals surface area contributed by atoms with Gasteiger partial charge in [-0.15, -0.1) is 0 Å². The molecule has 0 saturated carbocycles. The molecule has 0 saturated heterocycles. The number of rotatable bonds is 1. The van der Waals surface area contributed by atoms with Gasteiger partial charge in [-0.2, -0.15) is 0 Å². The van der Waals surface area contributed by atoms with E-state index in [0.717, 1.165) is 0 Å². The first-order valence-electron chi connectivity index (χ1n) is 3.11. The van der Waals surface area contributed by atoms with Crippen LogP contribution in [0.4, 0.5) is 0 Å². The number of pyridine rings is 1. The molecular weight excluding hydrogens is 184 g/mol. The zero-order chi connectivity index (χ0) is 8.43. The molecule has 1 aromatic heterocycles. The molecule has 0 atom stereocenters. The topological polar surface area (TPSA) is 33.1 Å². The van der Waals surface area contributed by atoms with E-state index in [1.54, 1.807) is 12.9 Å². The van der Waals surface area contributed by atoms with Crippen molar-refractivity contribution in [2.75, 3.05) is 0 Å². The standard InChI is InChI=1S/C6H6BCl2NO/c1-7(11)4-2-3-10-6(9)5(4)8/h2-3,11H,1H3. The minimum Gasteiger partial charge on any atom is -0.446 e. The Kier molecular flexibility index (Phi) is 2.76. The average molecular weight is 190 g/mol. The lowest BCUT2D eigenvalue weighted by Crippen LogP contribution is -2.27. The van der Waals surface area contributed by atoms with Gasteiger partial charge in [0.1, 0.15) is 5.15 Å². The van der Waals surface area contributed by atoms with E-state index in [9.17, 15) is 0 Å². The van der Waals surface area contributed by atoms with Crippen LogP contribution in [0.1, 0.15) is 0 Å². The fourth-order valence-corrected chi connectivity index (χ4v) is 1.19. The molecule has 0 unspecified atom stereocenters. The number of hydrogen-bond acceptors (Lipinski definition) is 2. The zero-order valence-electron chi connectivity index (χ0n) is 5.88. The normalized spacial score (nSPS) is 9.82. The Morgan fingerprint density at radius 1 is 1.55 bits per heavy atom. The van der Waals surface area contributed by atoms with E-state index in [1.807, 2.05) is 0 Å². The highest BCUT2D eigenvalue weighted by atomic mass is 35.5. The molecule has 0 spiro atoms. The van der Waals surface area contributed by atoms with Crippen molar-refractivity contribution < 1.29 is 5.02 Å². The van der Waals surface area contributed by atoms with Gasteiger partial charge in [0, 0.05) is 6.20 Å². The molecule has 1 N–H and O–H groups in total. The minimum atomic E-state index is -0.608. The van der Waals surface area contributed by atoms with Crippen molar-refractivity contribution in [1.29, 1.82) is 0 Å². The van der Waals surface area contributed by atoms with Crippen molar-refractivity contribution in [1.82, 2.24) is 4.98 Å². The van der Waals surface area contributed by atoms with Gasteiger partial charge < -0.3 is 5.02 Å². The summed E-state index contributed by atoms with van der Waals surface area (Å²) in [5, 5.41) is 9.71. The average Bonchev–Trinajstić information content (AvgIpc) is 1.94. The Balaban J connectivity index is 3.17. The molecule has 58 valence electrons. The fourth-order valence-electron chi connectivity index (χ4n) is 0.755. The van der Waals surface area contributed by atoms with E-state index in [2.05, 4.69) is 4.98 Å². The quantitative estimate of drug-likeness (QED) is 0.533. The second-order valence-electron chi connectivity index (χ2n) is 2.18. The highest BCUT2D eigenvalue weighted by Crippen LogP contribution is 2.15. The maximum absolute atomic E-state index is 9.16. The molecule has 1 rings (SSSR count). The number of halogens is 2. The molecule has 5 heteroatoms. The smallest absolute Gasteiger partial charge is 0.322 e. The van der Waals surface area contributed by atoms with Crippen LogP contribution in [0.5, 0.6) is 0 Å². The molecular formula is C6H6BCl2NO. The summed E-state index contributed by atoms with van der Waals surface area (Å²) in [6.07, 6.45) is 1.51. The summed E-state index contributed by atoms with van der Waals surface area (Å²) in [4.78, 5) is 3.74. The van der Waals surface area contributed by atoms with Crippen molar-refractivity contribution >= 4 is 35.6 Å². The molecule has 0 aliphatic heterocycles. The highest BCUT2D eigenvalue weighted by Gasteiger charge is 2.13. The summed E-state index contributed by atoms with van der Waals surface area (Å²) in [5.41, 5.74) is 0.603. The van der Waals surface area contributed by atoms with E-state index in [0.29, 0.717) is 10.5 Å². The summed E-state index contributed by atoms with van der Waals surface area (Å²) >= 11 is 11.3. The third kappa shape index (κ3) is 1.86. The van der Waals surface area contributed by atoms with Gasteiger partial charge in [0.05, 0.1) is 5.02 Å². The molecule has 2 nitrogen and oxygen atoms in total. The molecule has 0 aliphatic carbocycles. The van der Waals surface area contributed by atoms with Gasteiger partial charge in [0.15, 0.2) is 0 Å². The van der Waals surface area contributed by atoms with Crippen molar-refractivity contribution in [3.05, 3.63) is 22.4 Å². The van der Waals surface area contributed by atoms with E-state index in [4.69, 9.17) is 28.2 Å². The first-order valence-corrected chi connectivity index (χ1v) is 3.86. The Morgan fingerprint density at radius 2 is 2.18 bits per heavy atom. The lowest BCUT2D eigenvalue weighted by molar-refractivity contribution is 0.594. The molecule has 1 aromatic rings. The molecule has 11 heavy (non-hydrogen) atoms. The molecule has 0 aromatic carbocycles. The van der Waals surface area contributed by atoms with Crippen LogP contribution in [0, 0.1) is 0 Å². The van der Waals surface area contributed by atoms with Gasteiger partial charge in [-0.3, -0.25) is 0 Å². The Bertz CT molecular complexity index is 267. The molecule has 0 aliphatic rings. The summed E-state index contributed by atoms with van der Waals surface area (Å²) in [6, 6.07) is 1.64. The van der Waals surface area contributed by atoms with Gasteiger partial charge in [-0.25, -0.2) is 4.98 Å². The fraction of sp³-hybridized carbons (Fsp3) is 0.167. The van der Waals surface area contributed by atoms with Crippen LogP contribution in [0.15, 0.2) is 12.3 Å². The molecule has 0 bridgehead atoms. The SMILES string of the molecule is CB(O)c1ccnc(Cl)c1Cl. The van der Waals surface area contributed by atoms with Crippen molar-refractivity contribution in [3.63, 3.8) is 0 Å². The van der Waals surface area contributed by atoms with Gasteiger partial charge in [0.2, 0.25) is 0 Å². The number of hydrogen-bond donors (Lipinski definition) is 1. The second-order valence-corrected chi connectivity index (χ2v) is 2.92. The lowest BCUT2D eigenvalue weighted by atomic mass is 9.65. The van der Waals surface area contributed by atoms with Crippen LogP contribution in [0.25, 0.3) is 0 Å². The van der Waals surface area contributed by atoms with Crippen LogP contribution in [-0.2, 0) is 0 Å². The molecule has 0 amide bonds. The Morgan fingerprint density at radius 3 is 2.64 bits per heavy atom. The summed E-state index contributed by atoms with van der Waals surface area (Å²) < 4.78 is 0. The van der Waals surface area contributed by atoms with Crippen molar-refractivity contribution in [2.45, 2.75) is 6.82 Å². The van der Waals surface area contributed by atoms with Gasteiger partial charge in [-0.05, 0) is 11.5 Å². The first-order chi connectivity index (χ1) is 5.13. The lowest BCUT2D eigenvalue weighted by Gasteiger charge is -2.03.